The van der Waals surface area contributed by atoms with E-state index in [-0.39, 0.29) is 6.54 Å². The van der Waals surface area contributed by atoms with Crippen LogP contribution in [0.3, 0.4) is 0 Å². The van der Waals surface area contributed by atoms with Gasteiger partial charge in [-0.25, -0.2) is 22.0 Å². The van der Waals surface area contributed by atoms with Crippen LogP contribution in [0.2, 0.25) is 0 Å². The molecular weight excluding hydrogens is 279 g/mol. The van der Waals surface area contributed by atoms with Gasteiger partial charge in [0.05, 0.1) is 0 Å². The van der Waals surface area contributed by atoms with Gasteiger partial charge in [0.2, 0.25) is 5.82 Å². The lowest BCUT2D eigenvalue weighted by Gasteiger charge is -2.40. The van der Waals surface area contributed by atoms with E-state index in [1.54, 1.807) is 6.92 Å². The van der Waals surface area contributed by atoms with Crippen LogP contribution in [0.4, 0.5) is 27.6 Å². The number of benzene rings is 1. The van der Waals surface area contributed by atoms with E-state index in [0.29, 0.717) is 12.8 Å². The first kappa shape index (κ1) is 15.0. The Labute approximate surface area is 113 Å². The number of nitrogens with zero attached hydrogens (tertiary/aromatic N) is 1. The van der Waals surface area contributed by atoms with Gasteiger partial charge < -0.3 is 10.6 Å². The minimum Gasteiger partial charge on any atom is -0.362 e. The van der Waals surface area contributed by atoms with Gasteiger partial charge in [0, 0.05) is 18.6 Å². The summed E-state index contributed by atoms with van der Waals surface area (Å²) in [4.78, 5) is 1.20. The van der Waals surface area contributed by atoms with Crippen molar-refractivity contribution in [2.24, 2.45) is 5.73 Å². The molecule has 0 aromatic heterocycles. The van der Waals surface area contributed by atoms with E-state index in [0.717, 1.165) is 6.42 Å². The van der Waals surface area contributed by atoms with Crippen molar-refractivity contribution in [3.63, 3.8) is 0 Å². The zero-order chi connectivity index (χ0) is 15.0. The first-order valence-electron chi connectivity index (χ1n) is 6.40. The lowest BCUT2D eigenvalue weighted by molar-refractivity contribution is 0.361. The van der Waals surface area contributed by atoms with Crippen molar-refractivity contribution in [3.8, 4) is 0 Å². The molecule has 1 aromatic carbocycles. The third kappa shape index (κ3) is 2.34. The van der Waals surface area contributed by atoms with Gasteiger partial charge >= 0.3 is 0 Å². The van der Waals surface area contributed by atoms with Gasteiger partial charge in [-0.15, -0.1) is 0 Å². The molecular formula is C13H15F5N2. The summed E-state index contributed by atoms with van der Waals surface area (Å²) in [6.45, 7) is 1.86. The van der Waals surface area contributed by atoms with Crippen LogP contribution in [-0.4, -0.2) is 18.6 Å². The Kier molecular flexibility index (Phi) is 4.17. The summed E-state index contributed by atoms with van der Waals surface area (Å²) in [5.41, 5.74) is 4.88. The molecule has 0 amide bonds. The lowest BCUT2D eigenvalue weighted by atomic mass is 9.96. The van der Waals surface area contributed by atoms with Gasteiger partial charge in [-0.3, -0.25) is 0 Å². The predicted molar refractivity (Wildman–Crippen MR) is 64.9 cm³/mol. The summed E-state index contributed by atoms with van der Waals surface area (Å²) in [6.07, 6.45) is 1.97. The van der Waals surface area contributed by atoms with E-state index in [1.807, 2.05) is 0 Å². The van der Waals surface area contributed by atoms with Crippen molar-refractivity contribution >= 4 is 5.69 Å². The standard InChI is InChI=1S/C13H15F5N2/c1-6(19)7-4-2-3-5-20(7)13-11(17)9(15)8(14)10(16)12(13)18/h6-7H,2-5,19H2,1H3. The molecule has 0 aliphatic carbocycles. The van der Waals surface area contributed by atoms with Crippen LogP contribution in [0, 0.1) is 29.1 Å². The molecule has 2 N–H and O–H groups in total. The average molecular weight is 294 g/mol. The third-order valence-electron chi connectivity index (χ3n) is 3.63. The Morgan fingerprint density at radius 1 is 0.950 bits per heavy atom. The molecule has 1 aliphatic rings. The summed E-state index contributed by atoms with van der Waals surface area (Å²) in [5.74, 6) is -9.58. The largest absolute Gasteiger partial charge is 0.362 e. The van der Waals surface area contributed by atoms with Crippen LogP contribution >= 0.6 is 0 Å². The van der Waals surface area contributed by atoms with Crippen LogP contribution in [0.25, 0.3) is 0 Å². The number of hydrogen-bond acceptors (Lipinski definition) is 2. The van der Waals surface area contributed by atoms with Crippen molar-refractivity contribution < 1.29 is 22.0 Å². The molecule has 0 bridgehead atoms. The first-order chi connectivity index (χ1) is 9.36. The molecule has 2 rings (SSSR count). The molecule has 7 heteroatoms. The number of halogens is 5. The number of piperidine rings is 1. The van der Waals surface area contributed by atoms with Crippen molar-refractivity contribution in [1.82, 2.24) is 0 Å². The van der Waals surface area contributed by atoms with Crippen LogP contribution < -0.4 is 10.6 Å². The summed E-state index contributed by atoms with van der Waals surface area (Å²) < 4.78 is 67.2. The zero-order valence-corrected chi connectivity index (χ0v) is 10.9. The molecule has 1 heterocycles. The Bertz CT molecular complexity index is 489. The summed E-state index contributed by atoms with van der Waals surface area (Å²) in [7, 11) is 0. The van der Waals surface area contributed by atoms with E-state index >= 15 is 0 Å². The fourth-order valence-electron chi connectivity index (χ4n) is 2.63. The Balaban J connectivity index is 2.56. The highest BCUT2D eigenvalue weighted by atomic mass is 19.2. The van der Waals surface area contributed by atoms with Gasteiger partial charge in [-0.05, 0) is 26.2 Å². The molecule has 1 aliphatic heterocycles. The molecule has 112 valence electrons. The minimum atomic E-state index is -2.14. The first-order valence-corrected chi connectivity index (χ1v) is 6.40. The van der Waals surface area contributed by atoms with Crippen molar-refractivity contribution in [2.45, 2.75) is 38.3 Å². The second kappa shape index (κ2) is 5.55. The van der Waals surface area contributed by atoms with Crippen molar-refractivity contribution in [3.05, 3.63) is 29.1 Å². The van der Waals surface area contributed by atoms with Crippen LogP contribution in [-0.2, 0) is 0 Å². The summed E-state index contributed by atoms with van der Waals surface area (Å²) in [5, 5.41) is 0. The van der Waals surface area contributed by atoms with E-state index in [2.05, 4.69) is 0 Å². The molecule has 20 heavy (non-hydrogen) atoms. The number of anilines is 1. The topological polar surface area (TPSA) is 29.3 Å². The van der Waals surface area contributed by atoms with Crippen LogP contribution in [0.1, 0.15) is 26.2 Å². The normalized spacial score (nSPS) is 21.1. The predicted octanol–water partition coefficient (Wildman–Crippen LogP) is 3.09. The van der Waals surface area contributed by atoms with E-state index in [4.69, 9.17) is 5.73 Å². The molecule has 1 fully saturated rings. The van der Waals surface area contributed by atoms with Crippen molar-refractivity contribution in [2.75, 3.05) is 11.4 Å². The highest BCUT2D eigenvalue weighted by Gasteiger charge is 2.34. The fraction of sp³-hybridized carbons (Fsp3) is 0.538. The molecule has 1 aromatic rings. The maximum absolute atomic E-state index is 13.8. The quantitative estimate of drug-likeness (QED) is 0.516. The average Bonchev–Trinajstić information content (AvgIpc) is 2.43. The molecule has 2 unspecified atom stereocenters. The van der Waals surface area contributed by atoms with Crippen molar-refractivity contribution in [1.29, 1.82) is 0 Å². The van der Waals surface area contributed by atoms with Gasteiger partial charge in [-0.2, -0.15) is 0 Å². The van der Waals surface area contributed by atoms with Crippen LogP contribution in [0.15, 0.2) is 0 Å². The maximum atomic E-state index is 13.8. The summed E-state index contributed by atoms with van der Waals surface area (Å²) >= 11 is 0. The lowest BCUT2D eigenvalue weighted by Crippen LogP contribution is -2.50. The molecule has 2 atom stereocenters. The van der Waals surface area contributed by atoms with Gasteiger partial charge in [-0.1, -0.05) is 0 Å². The highest BCUT2D eigenvalue weighted by molar-refractivity contribution is 5.52. The van der Waals surface area contributed by atoms with E-state index in [1.165, 1.54) is 4.90 Å². The highest BCUT2D eigenvalue weighted by Crippen LogP contribution is 2.34. The van der Waals surface area contributed by atoms with Gasteiger partial charge in [0.15, 0.2) is 23.3 Å². The van der Waals surface area contributed by atoms with Gasteiger partial charge in [0.1, 0.15) is 5.69 Å². The molecule has 2 nitrogen and oxygen atoms in total. The Morgan fingerprint density at radius 3 is 1.95 bits per heavy atom. The second-order valence-electron chi connectivity index (χ2n) is 5.03. The second-order valence-corrected chi connectivity index (χ2v) is 5.03. The smallest absolute Gasteiger partial charge is 0.200 e. The van der Waals surface area contributed by atoms with E-state index < -0.39 is 46.9 Å². The maximum Gasteiger partial charge on any atom is 0.200 e. The molecule has 0 spiro atoms. The molecule has 1 saturated heterocycles. The van der Waals surface area contributed by atoms with Gasteiger partial charge in [0.25, 0.3) is 0 Å². The Hall–Kier alpha value is -1.37. The third-order valence-corrected chi connectivity index (χ3v) is 3.63. The minimum absolute atomic E-state index is 0.213. The van der Waals surface area contributed by atoms with Crippen LogP contribution in [0.5, 0.6) is 0 Å². The summed E-state index contributed by atoms with van der Waals surface area (Å²) in [6, 6.07) is -0.887. The number of nitrogens with two attached hydrogens (primary N) is 1. The zero-order valence-electron chi connectivity index (χ0n) is 10.9. The fourth-order valence-corrected chi connectivity index (χ4v) is 2.63. The molecule has 0 radical (unpaired) electrons. The molecule has 0 saturated carbocycles. The number of hydrogen-bond donors (Lipinski definition) is 1. The Morgan fingerprint density at radius 2 is 1.45 bits per heavy atom. The monoisotopic (exact) mass is 294 g/mol. The SMILES string of the molecule is CC(N)C1CCCCN1c1c(F)c(F)c(F)c(F)c1F. The number of rotatable bonds is 2. The van der Waals surface area contributed by atoms with E-state index in [9.17, 15) is 22.0 Å².